The maximum absolute atomic E-state index is 13.4. The van der Waals surface area contributed by atoms with Crippen molar-refractivity contribution in [2.45, 2.75) is 57.1 Å². The molecule has 1 unspecified atom stereocenters. The number of ether oxygens (including phenoxy) is 1. The number of benzene rings is 1. The summed E-state index contributed by atoms with van der Waals surface area (Å²) in [4.78, 5) is 0. The van der Waals surface area contributed by atoms with Crippen molar-refractivity contribution < 1.29 is 27.4 Å². The molecule has 1 heterocycles. The van der Waals surface area contributed by atoms with Gasteiger partial charge in [-0.3, -0.25) is 0 Å². The Labute approximate surface area is 120 Å². The minimum atomic E-state index is -4.81. The van der Waals surface area contributed by atoms with Crippen LogP contribution in [0.3, 0.4) is 0 Å². The van der Waals surface area contributed by atoms with Crippen LogP contribution >= 0.6 is 0 Å². The zero-order valence-electron chi connectivity index (χ0n) is 12.3. The Morgan fingerprint density at radius 2 is 1.71 bits per heavy atom. The second-order valence-corrected chi connectivity index (χ2v) is 6.60. The Hall–Kier alpha value is -1.14. The molecule has 1 atom stereocenters. The lowest BCUT2D eigenvalue weighted by molar-refractivity contribution is -0.141. The minimum Gasteiger partial charge on any atom is -0.382 e. The predicted octanol–water partition coefficient (Wildman–Crippen LogP) is 4.01. The van der Waals surface area contributed by atoms with Crippen molar-refractivity contribution >= 4 is 0 Å². The first-order valence-corrected chi connectivity index (χ1v) is 6.58. The van der Waals surface area contributed by atoms with E-state index in [-0.39, 0.29) is 12.0 Å². The molecule has 1 aliphatic rings. The van der Waals surface area contributed by atoms with Gasteiger partial charge in [0.05, 0.1) is 16.8 Å². The van der Waals surface area contributed by atoms with Crippen molar-refractivity contribution in [3.05, 3.63) is 35.1 Å². The summed E-state index contributed by atoms with van der Waals surface area (Å²) in [5, 5.41) is 10.9. The van der Waals surface area contributed by atoms with Gasteiger partial charge in [0.25, 0.3) is 0 Å². The molecule has 0 aromatic heterocycles. The van der Waals surface area contributed by atoms with E-state index in [0.717, 1.165) is 6.07 Å². The highest BCUT2D eigenvalue weighted by atomic mass is 19.4. The van der Waals surface area contributed by atoms with E-state index in [9.17, 15) is 22.7 Å². The number of alkyl halides is 3. The summed E-state index contributed by atoms with van der Waals surface area (Å²) in [7, 11) is 0. The van der Waals surface area contributed by atoms with Gasteiger partial charge in [0.2, 0.25) is 0 Å². The van der Waals surface area contributed by atoms with Gasteiger partial charge < -0.3 is 9.84 Å². The molecular formula is C15H18F4O2. The van der Waals surface area contributed by atoms with Crippen LogP contribution in [0.5, 0.6) is 0 Å². The normalized spacial score (nSPS) is 27.9. The summed E-state index contributed by atoms with van der Waals surface area (Å²) in [6.45, 7) is 6.72. The van der Waals surface area contributed by atoms with Crippen LogP contribution in [0.15, 0.2) is 18.2 Å². The molecule has 2 nitrogen and oxygen atoms in total. The van der Waals surface area contributed by atoms with Crippen molar-refractivity contribution in [3.63, 3.8) is 0 Å². The molecular weight excluding hydrogens is 288 g/mol. The Morgan fingerprint density at radius 1 is 1.14 bits per heavy atom. The molecule has 0 radical (unpaired) electrons. The zero-order valence-corrected chi connectivity index (χ0v) is 12.3. The van der Waals surface area contributed by atoms with Crippen LogP contribution in [0, 0.1) is 5.82 Å². The molecule has 1 aliphatic heterocycles. The SMILES string of the molecule is CC1(C)CC(O)(c2ccc(F)c(C(F)(F)F)c2)C(C)(C)O1. The van der Waals surface area contributed by atoms with E-state index in [2.05, 4.69) is 0 Å². The van der Waals surface area contributed by atoms with Gasteiger partial charge >= 0.3 is 6.18 Å². The Morgan fingerprint density at radius 3 is 2.14 bits per heavy atom. The van der Waals surface area contributed by atoms with Gasteiger partial charge in [-0.2, -0.15) is 13.2 Å². The number of hydrogen-bond acceptors (Lipinski definition) is 2. The second-order valence-electron chi connectivity index (χ2n) is 6.60. The molecule has 1 fully saturated rings. The van der Waals surface area contributed by atoms with Crippen LogP contribution in [0.25, 0.3) is 0 Å². The van der Waals surface area contributed by atoms with E-state index in [1.54, 1.807) is 27.7 Å². The lowest BCUT2D eigenvalue weighted by Gasteiger charge is -2.35. The zero-order chi connectivity index (χ0) is 16.3. The van der Waals surface area contributed by atoms with Crippen LogP contribution < -0.4 is 0 Å². The second kappa shape index (κ2) is 4.43. The van der Waals surface area contributed by atoms with E-state index in [0.29, 0.717) is 6.07 Å². The van der Waals surface area contributed by atoms with Crippen molar-refractivity contribution in [2.75, 3.05) is 0 Å². The molecule has 0 bridgehead atoms. The number of halogens is 4. The number of rotatable bonds is 1. The molecule has 0 saturated carbocycles. The third-order valence-corrected chi connectivity index (χ3v) is 3.96. The van der Waals surface area contributed by atoms with Gasteiger partial charge in [-0.1, -0.05) is 6.07 Å². The van der Waals surface area contributed by atoms with Crippen LogP contribution in [0.1, 0.15) is 45.2 Å². The number of aliphatic hydroxyl groups is 1. The molecule has 1 N–H and O–H groups in total. The van der Waals surface area contributed by atoms with Gasteiger partial charge in [-0.25, -0.2) is 4.39 Å². The fraction of sp³-hybridized carbons (Fsp3) is 0.600. The molecule has 0 amide bonds. The van der Waals surface area contributed by atoms with Crippen molar-refractivity contribution in [2.24, 2.45) is 0 Å². The van der Waals surface area contributed by atoms with Gasteiger partial charge in [0, 0.05) is 6.42 Å². The fourth-order valence-electron chi connectivity index (χ4n) is 3.09. The van der Waals surface area contributed by atoms with Crippen LogP contribution in [0.4, 0.5) is 17.6 Å². The summed E-state index contributed by atoms with van der Waals surface area (Å²) >= 11 is 0. The smallest absolute Gasteiger partial charge is 0.382 e. The average Bonchev–Trinajstić information content (AvgIpc) is 2.41. The Bertz CT molecular complexity index is 563. The first kappa shape index (κ1) is 16.2. The quantitative estimate of drug-likeness (QED) is 0.794. The van der Waals surface area contributed by atoms with Gasteiger partial charge in [0.1, 0.15) is 11.4 Å². The molecule has 118 valence electrons. The highest BCUT2D eigenvalue weighted by Crippen LogP contribution is 2.51. The Balaban J connectivity index is 2.57. The van der Waals surface area contributed by atoms with Gasteiger partial charge in [0.15, 0.2) is 0 Å². The standard InChI is InChI=1S/C15H18F4O2/c1-12(2)8-14(20,13(3,4)21-12)9-5-6-11(16)10(7-9)15(17,18)19/h5-7,20H,8H2,1-4H3. The largest absolute Gasteiger partial charge is 0.419 e. The summed E-state index contributed by atoms with van der Waals surface area (Å²) in [5.41, 5.74) is -4.77. The molecule has 1 saturated heterocycles. The van der Waals surface area contributed by atoms with Crippen LogP contribution in [-0.4, -0.2) is 16.3 Å². The van der Waals surface area contributed by atoms with Gasteiger partial charge in [-0.15, -0.1) is 0 Å². The number of hydrogen-bond donors (Lipinski definition) is 1. The lowest BCUT2D eigenvalue weighted by Crippen LogP contribution is -2.43. The summed E-state index contributed by atoms with van der Waals surface area (Å²) < 4.78 is 57.6. The van der Waals surface area contributed by atoms with Crippen LogP contribution in [0.2, 0.25) is 0 Å². The van der Waals surface area contributed by atoms with Crippen LogP contribution in [-0.2, 0) is 16.5 Å². The third kappa shape index (κ3) is 2.66. The average molecular weight is 306 g/mol. The molecule has 21 heavy (non-hydrogen) atoms. The maximum atomic E-state index is 13.4. The van der Waals surface area contributed by atoms with E-state index >= 15 is 0 Å². The van der Waals surface area contributed by atoms with Crippen molar-refractivity contribution in [1.82, 2.24) is 0 Å². The topological polar surface area (TPSA) is 29.5 Å². The maximum Gasteiger partial charge on any atom is 0.419 e. The molecule has 1 aromatic rings. The fourth-order valence-corrected chi connectivity index (χ4v) is 3.09. The Kier molecular flexibility index (Phi) is 3.42. The first-order chi connectivity index (χ1) is 9.29. The van der Waals surface area contributed by atoms with Crippen molar-refractivity contribution in [3.8, 4) is 0 Å². The van der Waals surface area contributed by atoms with E-state index < -0.39 is 34.4 Å². The van der Waals surface area contributed by atoms with E-state index in [4.69, 9.17) is 4.74 Å². The van der Waals surface area contributed by atoms with Gasteiger partial charge in [-0.05, 0) is 45.4 Å². The monoisotopic (exact) mass is 306 g/mol. The van der Waals surface area contributed by atoms with E-state index in [1.165, 1.54) is 6.07 Å². The third-order valence-electron chi connectivity index (χ3n) is 3.96. The van der Waals surface area contributed by atoms with Crippen molar-refractivity contribution in [1.29, 1.82) is 0 Å². The summed E-state index contributed by atoms with van der Waals surface area (Å²) in [6.07, 6.45) is -4.69. The highest BCUT2D eigenvalue weighted by Gasteiger charge is 2.57. The molecule has 2 rings (SSSR count). The lowest BCUT2D eigenvalue weighted by atomic mass is 9.76. The molecule has 0 spiro atoms. The molecule has 6 heteroatoms. The summed E-state index contributed by atoms with van der Waals surface area (Å²) in [6, 6.07) is 2.58. The minimum absolute atomic E-state index is 0.00630. The first-order valence-electron chi connectivity index (χ1n) is 6.58. The summed E-state index contributed by atoms with van der Waals surface area (Å²) in [5.74, 6) is -1.36. The highest BCUT2D eigenvalue weighted by molar-refractivity contribution is 5.34. The van der Waals surface area contributed by atoms with E-state index in [1.807, 2.05) is 0 Å². The predicted molar refractivity (Wildman–Crippen MR) is 69.2 cm³/mol. The molecule has 0 aliphatic carbocycles. The molecule has 1 aromatic carbocycles.